The number of aliphatic imine (C=N–C) groups is 1. The number of rotatable bonds is 0. The lowest BCUT2D eigenvalue weighted by Crippen LogP contribution is -2.58. The van der Waals surface area contributed by atoms with Crippen LogP contribution in [-0.2, 0) is 4.79 Å². The standard InChI is InChI=1S/C8H10N2O/c11-7-4-9-8-5-2-1-3-6(5)10(7)8/h5-6H,1-4H2. The molecule has 1 saturated carbocycles. The SMILES string of the molecule is O=C1CN=C2C3CCCC3N12. The normalized spacial score (nSPS) is 39.8. The minimum atomic E-state index is 0.225. The number of nitrogens with zero attached hydrogens (tertiary/aromatic N) is 2. The van der Waals surface area contributed by atoms with Crippen molar-refractivity contribution in [1.82, 2.24) is 4.90 Å². The van der Waals surface area contributed by atoms with E-state index in [1.807, 2.05) is 4.90 Å². The van der Waals surface area contributed by atoms with Crippen LogP contribution in [-0.4, -0.2) is 29.2 Å². The van der Waals surface area contributed by atoms with Crippen molar-refractivity contribution in [2.45, 2.75) is 25.3 Å². The first-order valence-corrected chi connectivity index (χ1v) is 4.24. The third kappa shape index (κ3) is 0.513. The zero-order chi connectivity index (χ0) is 7.42. The highest BCUT2D eigenvalue weighted by Crippen LogP contribution is 2.42. The Balaban J connectivity index is 1.97. The van der Waals surface area contributed by atoms with E-state index >= 15 is 0 Å². The molecule has 3 rings (SSSR count). The molecule has 1 aliphatic carbocycles. The molecule has 2 atom stereocenters. The Kier molecular flexibility index (Phi) is 0.864. The number of amides is 1. The van der Waals surface area contributed by atoms with E-state index in [0.717, 1.165) is 5.84 Å². The van der Waals surface area contributed by atoms with Gasteiger partial charge in [0.2, 0.25) is 5.91 Å². The Labute approximate surface area is 65.1 Å². The van der Waals surface area contributed by atoms with Crippen molar-refractivity contribution in [3.05, 3.63) is 0 Å². The Bertz CT molecular complexity index is 259. The number of fused-ring (bicyclic) bond motifs is 4. The second kappa shape index (κ2) is 1.65. The molecule has 0 aromatic heterocycles. The van der Waals surface area contributed by atoms with Gasteiger partial charge in [0.1, 0.15) is 12.4 Å². The fourth-order valence-electron chi connectivity index (χ4n) is 2.55. The molecule has 58 valence electrons. The number of hydrogen-bond acceptors (Lipinski definition) is 2. The number of carbonyl (C=O) groups is 1. The molecular formula is C8H10N2O. The van der Waals surface area contributed by atoms with Gasteiger partial charge in [-0.25, -0.2) is 0 Å². The second-order valence-electron chi connectivity index (χ2n) is 3.54. The summed E-state index contributed by atoms with van der Waals surface area (Å²) in [5, 5.41) is 0. The van der Waals surface area contributed by atoms with Gasteiger partial charge in [-0.1, -0.05) is 6.42 Å². The summed E-state index contributed by atoms with van der Waals surface area (Å²) in [5.74, 6) is 1.97. The molecule has 2 heterocycles. The summed E-state index contributed by atoms with van der Waals surface area (Å²) >= 11 is 0. The molecule has 0 aromatic rings. The van der Waals surface area contributed by atoms with E-state index in [1.54, 1.807) is 0 Å². The molecule has 0 spiro atoms. The smallest absolute Gasteiger partial charge is 0.249 e. The van der Waals surface area contributed by atoms with Gasteiger partial charge in [-0.15, -0.1) is 0 Å². The minimum Gasteiger partial charge on any atom is -0.295 e. The van der Waals surface area contributed by atoms with E-state index in [0.29, 0.717) is 18.5 Å². The molecule has 3 heteroatoms. The third-order valence-electron chi connectivity index (χ3n) is 3.03. The Morgan fingerprint density at radius 1 is 1.45 bits per heavy atom. The second-order valence-corrected chi connectivity index (χ2v) is 3.54. The van der Waals surface area contributed by atoms with Crippen LogP contribution in [0.5, 0.6) is 0 Å². The zero-order valence-corrected chi connectivity index (χ0v) is 6.29. The number of carbonyl (C=O) groups excluding carboxylic acids is 1. The maximum atomic E-state index is 11.2. The molecule has 1 amide bonds. The first-order valence-electron chi connectivity index (χ1n) is 4.24. The Morgan fingerprint density at radius 2 is 2.36 bits per heavy atom. The number of hydrogen-bond donors (Lipinski definition) is 0. The van der Waals surface area contributed by atoms with Crippen LogP contribution in [0.4, 0.5) is 0 Å². The van der Waals surface area contributed by atoms with Crippen LogP contribution in [0.1, 0.15) is 19.3 Å². The van der Waals surface area contributed by atoms with E-state index in [1.165, 1.54) is 19.3 Å². The molecule has 3 aliphatic rings. The Morgan fingerprint density at radius 3 is 3.27 bits per heavy atom. The summed E-state index contributed by atoms with van der Waals surface area (Å²) in [7, 11) is 0. The Hall–Kier alpha value is -0.860. The van der Waals surface area contributed by atoms with Crippen molar-refractivity contribution in [1.29, 1.82) is 0 Å². The molecule has 2 unspecified atom stereocenters. The molecule has 11 heavy (non-hydrogen) atoms. The van der Waals surface area contributed by atoms with Gasteiger partial charge in [0.25, 0.3) is 0 Å². The molecule has 2 fully saturated rings. The summed E-state index contributed by atoms with van der Waals surface area (Å²) in [4.78, 5) is 17.3. The van der Waals surface area contributed by atoms with E-state index in [-0.39, 0.29) is 5.91 Å². The minimum absolute atomic E-state index is 0.225. The molecule has 3 nitrogen and oxygen atoms in total. The van der Waals surface area contributed by atoms with E-state index < -0.39 is 0 Å². The molecule has 1 saturated heterocycles. The highest BCUT2D eigenvalue weighted by molar-refractivity contribution is 6.10. The van der Waals surface area contributed by atoms with Gasteiger partial charge >= 0.3 is 0 Å². The predicted octanol–water partition coefficient (Wildman–Crippen LogP) is 0.409. The average molecular weight is 150 g/mol. The van der Waals surface area contributed by atoms with Crippen molar-refractivity contribution in [3.63, 3.8) is 0 Å². The summed E-state index contributed by atoms with van der Waals surface area (Å²) < 4.78 is 0. The first-order chi connectivity index (χ1) is 5.38. The molecular weight excluding hydrogens is 140 g/mol. The van der Waals surface area contributed by atoms with Crippen molar-refractivity contribution < 1.29 is 4.79 Å². The zero-order valence-electron chi connectivity index (χ0n) is 6.29. The monoisotopic (exact) mass is 150 g/mol. The average Bonchev–Trinajstić information content (AvgIpc) is 2.43. The van der Waals surface area contributed by atoms with E-state index in [4.69, 9.17) is 0 Å². The van der Waals surface area contributed by atoms with Crippen molar-refractivity contribution >= 4 is 11.7 Å². The van der Waals surface area contributed by atoms with Gasteiger partial charge in [0.15, 0.2) is 0 Å². The van der Waals surface area contributed by atoms with Crippen molar-refractivity contribution in [2.24, 2.45) is 10.9 Å². The van der Waals surface area contributed by atoms with Gasteiger partial charge in [-0.05, 0) is 12.8 Å². The molecule has 0 bridgehead atoms. The largest absolute Gasteiger partial charge is 0.295 e. The summed E-state index contributed by atoms with van der Waals surface area (Å²) in [5.41, 5.74) is 0. The summed E-state index contributed by atoms with van der Waals surface area (Å²) in [6.45, 7) is 0.419. The van der Waals surface area contributed by atoms with Crippen LogP contribution in [0.3, 0.4) is 0 Å². The van der Waals surface area contributed by atoms with Crippen molar-refractivity contribution in [2.75, 3.05) is 6.54 Å². The van der Waals surface area contributed by atoms with E-state index in [2.05, 4.69) is 4.99 Å². The first kappa shape index (κ1) is 5.75. The summed E-state index contributed by atoms with van der Waals surface area (Å²) in [6, 6.07) is 0.545. The van der Waals surface area contributed by atoms with Gasteiger partial charge in [0, 0.05) is 12.0 Å². The van der Waals surface area contributed by atoms with Crippen LogP contribution >= 0.6 is 0 Å². The highest BCUT2D eigenvalue weighted by atomic mass is 16.2. The van der Waals surface area contributed by atoms with Gasteiger partial charge < -0.3 is 0 Å². The van der Waals surface area contributed by atoms with Crippen LogP contribution < -0.4 is 0 Å². The van der Waals surface area contributed by atoms with Crippen LogP contribution in [0, 0.1) is 5.92 Å². The number of amidine groups is 1. The van der Waals surface area contributed by atoms with Crippen LogP contribution in [0.25, 0.3) is 0 Å². The maximum absolute atomic E-state index is 11.2. The van der Waals surface area contributed by atoms with Crippen LogP contribution in [0.15, 0.2) is 4.99 Å². The molecule has 0 N–H and O–H groups in total. The van der Waals surface area contributed by atoms with E-state index in [9.17, 15) is 4.79 Å². The van der Waals surface area contributed by atoms with Crippen molar-refractivity contribution in [3.8, 4) is 0 Å². The molecule has 2 aliphatic heterocycles. The third-order valence-corrected chi connectivity index (χ3v) is 3.03. The molecule has 0 aromatic carbocycles. The highest BCUT2D eigenvalue weighted by Gasteiger charge is 2.52. The fourth-order valence-corrected chi connectivity index (χ4v) is 2.55. The van der Waals surface area contributed by atoms with Gasteiger partial charge in [0.05, 0.1) is 0 Å². The lowest BCUT2D eigenvalue weighted by Gasteiger charge is -2.41. The van der Waals surface area contributed by atoms with Gasteiger partial charge in [-0.2, -0.15) is 0 Å². The topological polar surface area (TPSA) is 32.7 Å². The lowest BCUT2D eigenvalue weighted by molar-refractivity contribution is -0.128. The predicted molar refractivity (Wildman–Crippen MR) is 40.3 cm³/mol. The summed E-state index contributed by atoms with van der Waals surface area (Å²) in [6.07, 6.45) is 3.74. The lowest BCUT2D eigenvalue weighted by atomic mass is 9.91. The van der Waals surface area contributed by atoms with Gasteiger partial charge in [-0.3, -0.25) is 14.7 Å². The molecule has 0 radical (unpaired) electrons. The maximum Gasteiger partial charge on any atom is 0.249 e. The quantitative estimate of drug-likeness (QED) is 0.492. The fraction of sp³-hybridized carbons (Fsp3) is 0.750. The van der Waals surface area contributed by atoms with Crippen LogP contribution in [0.2, 0.25) is 0 Å².